The van der Waals surface area contributed by atoms with E-state index in [1.54, 1.807) is 7.11 Å². The maximum atomic E-state index is 10.6. The van der Waals surface area contributed by atoms with Crippen LogP contribution in [-0.4, -0.2) is 35.7 Å². The summed E-state index contributed by atoms with van der Waals surface area (Å²) in [6.07, 6.45) is 5.38. The molecular formula is C20H28N2O3S. The van der Waals surface area contributed by atoms with Crippen LogP contribution in [-0.2, 0) is 14.3 Å². The van der Waals surface area contributed by atoms with E-state index in [0.29, 0.717) is 6.61 Å². The Morgan fingerprint density at radius 3 is 2.31 bits per heavy atom. The molecule has 0 aliphatic rings. The summed E-state index contributed by atoms with van der Waals surface area (Å²) in [7, 11) is 1.70. The molecule has 0 radical (unpaired) electrons. The molecule has 142 valence electrons. The van der Waals surface area contributed by atoms with Crippen LogP contribution in [0.15, 0.2) is 36.9 Å². The van der Waals surface area contributed by atoms with Gasteiger partial charge in [-0.3, -0.25) is 0 Å². The van der Waals surface area contributed by atoms with E-state index in [9.17, 15) is 4.79 Å². The van der Waals surface area contributed by atoms with E-state index < -0.39 is 0 Å². The number of ether oxygens (including phenoxy) is 2. The monoisotopic (exact) mass is 376 g/mol. The molecule has 26 heavy (non-hydrogen) atoms. The van der Waals surface area contributed by atoms with Crippen molar-refractivity contribution in [3.05, 3.63) is 47.5 Å². The molecule has 0 aliphatic carbocycles. The van der Waals surface area contributed by atoms with Crippen LogP contribution in [0.25, 0.3) is 11.4 Å². The number of aromatic nitrogens is 2. The summed E-state index contributed by atoms with van der Waals surface area (Å²) in [5.41, 5.74) is 2.35. The lowest BCUT2D eigenvalue weighted by Gasteiger charge is -2.01. The van der Waals surface area contributed by atoms with Crippen LogP contribution in [0.3, 0.4) is 0 Å². The number of rotatable bonds is 9. The van der Waals surface area contributed by atoms with Gasteiger partial charge in [0.05, 0.1) is 6.61 Å². The number of carbonyl (C=O) groups excluding carboxylic acids is 1. The number of methoxy groups -OCH3 is 1. The van der Waals surface area contributed by atoms with Crippen LogP contribution in [0.5, 0.6) is 0 Å². The van der Waals surface area contributed by atoms with Crippen molar-refractivity contribution in [2.75, 3.05) is 20.3 Å². The van der Waals surface area contributed by atoms with Crippen molar-refractivity contribution in [2.24, 2.45) is 0 Å². The van der Waals surface area contributed by atoms with E-state index in [0.717, 1.165) is 48.7 Å². The van der Waals surface area contributed by atoms with Crippen molar-refractivity contribution in [3.8, 4) is 11.4 Å². The fourth-order valence-electron chi connectivity index (χ4n) is 2.05. The van der Waals surface area contributed by atoms with Crippen molar-refractivity contribution in [3.63, 3.8) is 0 Å². The average Bonchev–Trinajstić information content (AvgIpc) is 3.08. The quantitative estimate of drug-likeness (QED) is 0.359. The molecule has 0 N–H and O–H groups in total. The van der Waals surface area contributed by atoms with Crippen molar-refractivity contribution < 1.29 is 14.3 Å². The Hall–Kier alpha value is -2.05. The van der Waals surface area contributed by atoms with Gasteiger partial charge in [-0.25, -0.2) is 9.78 Å². The number of aryl methyl sites for hydroxylation is 2. The SMILES string of the molecule is C=CC(=O)OCCCCCCOC.Cc1ccc(-c2nsc(C)n2)cc1. The van der Waals surface area contributed by atoms with Gasteiger partial charge in [0.25, 0.3) is 0 Å². The molecule has 0 fully saturated rings. The van der Waals surface area contributed by atoms with Crippen molar-refractivity contribution in [1.29, 1.82) is 0 Å². The molecule has 6 heteroatoms. The molecule has 2 rings (SSSR count). The van der Waals surface area contributed by atoms with Gasteiger partial charge in [0.15, 0.2) is 5.82 Å². The predicted octanol–water partition coefficient (Wildman–Crippen LogP) is 4.74. The molecule has 0 unspecified atom stereocenters. The molecule has 0 bridgehead atoms. The number of nitrogens with zero attached hydrogens (tertiary/aromatic N) is 2. The summed E-state index contributed by atoms with van der Waals surface area (Å²) in [5.74, 6) is 0.499. The summed E-state index contributed by atoms with van der Waals surface area (Å²) >= 11 is 1.44. The van der Waals surface area contributed by atoms with Gasteiger partial charge in [-0.2, -0.15) is 4.37 Å². The lowest BCUT2D eigenvalue weighted by molar-refractivity contribution is -0.137. The lowest BCUT2D eigenvalue weighted by Crippen LogP contribution is -2.01. The Morgan fingerprint density at radius 1 is 1.12 bits per heavy atom. The van der Waals surface area contributed by atoms with Gasteiger partial charge in [0, 0.05) is 25.4 Å². The second-order valence-electron chi connectivity index (χ2n) is 5.78. The first-order valence-corrected chi connectivity index (χ1v) is 9.49. The Morgan fingerprint density at radius 2 is 1.77 bits per heavy atom. The van der Waals surface area contributed by atoms with Gasteiger partial charge in [-0.15, -0.1) is 0 Å². The number of carbonyl (C=O) groups is 1. The maximum absolute atomic E-state index is 10.6. The first-order chi connectivity index (χ1) is 12.6. The van der Waals surface area contributed by atoms with Crippen molar-refractivity contribution >= 4 is 17.5 Å². The fraction of sp³-hybridized carbons (Fsp3) is 0.450. The standard InChI is InChI=1S/C10H10N2S.C10H18O3/c1-7-3-5-9(6-4-7)10-11-8(2)13-12-10;1-3-10(11)13-9-7-5-4-6-8-12-2/h3-6H,1-2H3;3H,1,4-9H2,2H3. The van der Waals surface area contributed by atoms with E-state index in [4.69, 9.17) is 9.47 Å². The summed E-state index contributed by atoms with van der Waals surface area (Å²) < 4.78 is 14.0. The molecule has 0 atom stereocenters. The highest BCUT2D eigenvalue weighted by Crippen LogP contribution is 2.17. The van der Waals surface area contributed by atoms with E-state index in [1.165, 1.54) is 23.2 Å². The van der Waals surface area contributed by atoms with Crippen LogP contribution < -0.4 is 0 Å². The second kappa shape index (κ2) is 13.2. The molecule has 1 heterocycles. The largest absolute Gasteiger partial charge is 0.463 e. The Bertz CT molecular complexity index is 653. The van der Waals surface area contributed by atoms with E-state index in [1.807, 2.05) is 6.92 Å². The first-order valence-electron chi connectivity index (χ1n) is 8.72. The highest BCUT2D eigenvalue weighted by atomic mass is 32.1. The molecule has 1 aromatic heterocycles. The normalized spacial score (nSPS) is 9.96. The molecule has 0 amide bonds. The molecule has 1 aromatic carbocycles. The molecule has 0 spiro atoms. The van der Waals surface area contributed by atoms with Gasteiger partial charge in [0.2, 0.25) is 0 Å². The van der Waals surface area contributed by atoms with Gasteiger partial charge in [-0.05, 0) is 44.6 Å². The second-order valence-corrected chi connectivity index (χ2v) is 6.74. The van der Waals surface area contributed by atoms with Crippen LogP contribution in [0.1, 0.15) is 36.3 Å². The number of unbranched alkanes of at least 4 members (excludes halogenated alkanes) is 3. The summed E-state index contributed by atoms with van der Waals surface area (Å²) in [6.45, 7) is 8.66. The highest BCUT2D eigenvalue weighted by Gasteiger charge is 2.02. The molecule has 5 nitrogen and oxygen atoms in total. The molecule has 0 saturated heterocycles. The van der Waals surface area contributed by atoms with E-state index in [2.05, 4.69) is 47.1 Å². The molecule has 2 aromatic rings. The highest BCUT2D eigenvalue weighted by molar-refractivity contribution is 7.05. The minimum absolute atomic E-state index is 0.336. The third-order valence-corrected chi connectivity index (χ3v) is 4.11. The summed E-state index contributed by atoms with van der Waals surface area (Å²) in [5, 5.41) is 1.01. The first kappa shape index (κ1) is 22.0. The van der Waals surface area contributed by atoms with Crippen molar-refractivity contribution in [1.82, 2.24) is 9.36 Å². The molecule has 0 aliphatic heterocycles. The fourth-order valence-corrected chi connectivity index (χ4v) is 2.54. The number of esters is 1. The average molecular weight is 377 g/mol. The van der Waals surface area contributed by atoms with Gasteiger partial charge in [-0.1, -0.05) is 42.8 Å². The Labute approximate surface area is 160 Å². The topological polar surface area (TPSA) is 61.3 Å². The minimum atomic E-state index is -0.336. The number of benzene rings is 1. The third kappa shape index (κ3) is 9.44. The van der Waals surface area contributed by atoms with Crippen LogP contribution in [0, 0.1) is 13.8 Å². The maximum Gasteiger partial charge on any atom is 0.330 e. The molecular weight excluding hydrogens is 348 g/mol. The minimum Gasteiger partial charge on any atom is -0.463 e. The zero-order valence-corrected chi connectivity index (χ0v) is 16.7. The summed E-state index contributed by atoms with van der Waals surface area (Å²) in [6, 6.07) is 8.25. The predicted molar refractivity (Wildman–Crippen MR) is 106 cm³/mol. The Balaban J connectivity index is 0.000000260. The lowest BCUT2D eigenvalue weighted by atomic mass is 10.1. The van der Waals surface area contributed by atoms with Crippen molar-refractivity contribution in [2.45, 2.75) is 39.5 Å². The van der Waals surface area contributed by atoms with E-state index >= 15 is 0 Å². The smallest absolute Gasteiger partial charge is 0.330 e. The van der Waals surface area contributed by atoms with Gasteiger partial charge in [0.1, 0.15) is 5.01 Å². The zero-order valence-electron chi connectivity index (χ0n) is 15.9. The van der Waals surface area contributed by atoms with Gasteiger partial charge < -0.3 is 9.47 Å². The van der Waals surface area contributed by atoms with Gasteiger partial charge >= 0.3 is 5.97 Å². The van der Waals surface area contributed by atoms with Crippen LogP contribution >= 0.6 is 11.5 Å². The van der Waals surface area contributed by atoms with E-state index in [-0.39, 0.29) is 5.97 Å². The zero-order chi connectivity index (χ0) is 19.2. The number of hydrogen-bond donors (Lipinski definition) is 0. The van der Waals surface area contributed by atoms with Crippen LogP contribution in [0.2, 0.25) is 0 Å². The molecule has 0 saturated carbocycles. The Kier molecular flexibility index (Phi) is 11.2. The van der Waals surface area contributed by atoms with Crippen LogP contribution in [0.4, 0.5) is 0 Å². The third-order valence-electron chi connectivity index (χ3n) is 3.49. The summed E-state index contributed by atoms with van der Waals surface area (Å²) in [4.78, 5) is 14.9. The number of hydrogen-bond acceptors (Lipinski definition) is 6.